The highest BCUT2D eigenvalue weighted by molar-refractivity contribution is 6.23. The van der Waals surface area contributed by atoms with Crippen LogP contribution in [0, 0.1) is 20.8 Å². The highest BCUT2D eigenvalue weighted by atomic mass is 19.4. The first-order valence-electron chi connectivity index (χ1n) is 22.9. The van der Waals surface area contributed by atoms with Gasteiger partial charge in [-0.2, -0.15) is 39.5 Å². The molecule has 3 aromatic heterocycles. The number of hydrogen-bond acceptors (Lipinski definition) is 7. The van der Waals surface area contributed by atoms with Crippen molar-refractivity contribution in [1.82, 2.24) is 24.8 Å². The lowest BCUT2D eigenvalue weighted by atomic mass is 9.84. The summed E-state index contributed by atoms with van der Waals surface area (Å²) >= 11 is 0. The number of methoxy groups -OCH3 is 1. The Kier molecular flexibility index (Phi) is 13.1. The summed E-state index contributed by atoms with van der Waals surface area (Å²) < 4.78 is 130. The third kappa shape index (κ3) is 9.58. The standard InChI is InChI=1S/C52H49F9N6O4/c1-9-34-24(3)36-20-41-43(28(7)62-21-29-14-32(51(56,57)58)17-33(15-29)52(59,60)61)26(5)38(64-41)18-37-25(4)35(10-11-42(68)71-8)46(65-37)45-47-44(27(6)39(66-47)19-40(34)63-36)48(69)67(49(45)70)22-30-12-23(2)13-31(16-30)50(53,54)55/h12-20,24-25,34-35,64,66H,9-11,21-22H2,1-8H3/b36-20?,37-18?,38-18?,39-19?,40-19?,41-20?,46-45?,62-28-/t24-,25+,34-,35+/m1/s1. The number of esters is 1. The van der Waals surface area contributed by atoms with Crippen LogP contribution in [-0.2, 0) is 41.1 Å². The van der Waals surface area contributed by atoms with Crippen molar-refractivity contribution in [1.29, 1.82) is 0 Å². The van der Waals surface area contributed by atoms with Crippen molar-refractivity contribution in [2.24, 2.45) is 4.99 Å². The first-order chi connectivity index (χ1) is 33.2. The summed E-state index contributed by atoms with van der Waals surface area (Å²) in [5.74, 6) is -3.60. The highest BCUT2D eigenvalue weighted by Crippen LogP contribution is 2.46. The second-order valence-electron chi connectivity index (χ2n) is 18.6. The van der Waals surface area contributed by atoms with Crippen LogP contribution in [0.2, 0.25) is 0 Å². The topological polar surface area (TPSA) is 133 Å². The molecule has 6 heterocycles. The van der Waals surface area contributed by atoms with E-state index in [0.717, 1.165) is 17.0 Å². The van der Waals surface area contributed by atoms with Gasteiger partial charge in [0.2, 0.25) is 0 Å². The molecule has 0 spiro atoms. The van der Waals surface area contributed by atoms with Crippen LogP contribution < -0.4 is 0 Å². The van der Waals surface area contributed by atoms with Gasteiger partial charge in [0, 0.05) is 75.0 Å². The van der Waals surface area contributed by atoms with E-state index in [2.05, 4.69) is 15.0 Å². The monoisotopic (exact) mass is 992 g/mol. The van der Waals surface area contributed by atoms with E-state index in [0.29, 0.717) is 68.9 Å². The molecule has 3 aliphatic heterocycles. The fraction of sp³-hybridized carbons (Fsp3) is 0.385. The predicted octanol–water partition coefficient (Wildman–Crippen LogP) is 13.2. The molecule has 2 amide bonds. The van der Waals surface area contributed by atoms with Crippen LogP contribution in [0.15, 0.2) is 59.6 Å². The van der Waals surface area contributed by atoms with E-state index in [4.69, 9.17) is 14.7 Å². The number of carbonyl (C=O) groups excluding carboxylic acids is 3. The van der Waals surface area contributed by atoms with Gasteiger partial charge in [-0.15, -0.1) is 0 Å². The average molecular weight is 993 g/mol. The minimum atomic E-state index is -5.05. The van der Waals surface area contributed by atoms with Crippen LogP contribution in [0.4, 0.5) is 39.5 Å². The maximum atomic E-state index is 15.1. The summed E-state index contributed by atoms with van der Waals surface area (Å²) in [6.07, 6.45) is -14.1. The molecule has 0 saturated carbocycles. The third-order valence-electron chi connectivity index (χ3n) is 13.9. The Labute approximate surface area is 401 Å². The van der Waals surface area contributed by atoms with Crippen molar-refractivity contribution >= 4 is 45.6 Å². The SMILES string of the molecule is CC[C@H]1c2cc3[nH]c4c(c5nc(cc6[nH]c(cc(n2)[C@@H]1C)c(/C(C)=N\Cc1cc(C(F)(F)F)cc(C(F)(F)F)c1)c6C)[C@@H](C)[C@@H]5CCC(=O)OC)C(=O)N(Cc1cc(C)cc(C(F)(F)F)c1)C(=O)c4c3C. The van der Waals surface area contributed by atoms with Gasteiger partial charge in [-0.3, -0.25) is 34.2 Å². The Bertz CT molecular complexity index is 3190. The van der Waals surface area contributed by atoms with E-state index in [1.165, 1.54) is 20.1 Å². The van der Waals surface area contributed by atoms with Gasteiger partial charge in [0.1, 0.15) is 0 Å². The first-order valence-corrected chi connectivity index (χ1v) is 22.9. The Morgan fingerprint density at radius 3 is 1.86 bits per heavy atom. The molecule has 0 fully saturated rings. The number of fused-ring (bicyclic) bond motifs is 8. The second kappa shape index (κ2) is 18.4. The van der Waals surface area contributed by atoms with Gasteiger partial charge in [0.25, 0.3) is 11.8 Å². The zero-order chi connectivity index (χ0) is 51.8. The molecular weight excluding hydrogens is 944 g/mol. The van der Waals surface area contributed by atoms with Gasteiger partial charge in [-0.1, -0.05) is 32.4 Å². The van der Waals surface area contributed by atoms with Crippen molar-refractivity contribution in [3.8, 4) is 0 Å². The van der Waals surface area contributed by atoms with Gasteiger partial charge in [0.05, 0.1) is 59.2 Å². The van der Waals surface area contributed by atoms with Gasteiger partial charge >= 0.3 is 24.5 Å². The van der Waals surface area contributed by atoms with Crippen LogP contribution in [0.25, 0.3) is 22.1 Å². The van der Waals surface area contributed by atoms with Crippen molar-refractivity contribution in [2.75, 3.05) is 7.11 Å². The third-order valence-corrected chi connectivity index (χ3v) is 13.9. The zero-order valence-corrected chi connectivity index (χ0v) is 39.9. The largest absolute Gasteiger partial charge is 0.469 e. The number of rotatable bonds is 9. The second-order valence-corrected chi connectivity index (χ2v) is 18.6. The molecule has 8 rings (SSSR count). The maximum absolute atomic E-state index is 15.1. The number of aromatic amines is 2. The number of carbonyl (C=O) groups is 3. The Balaban J connectivity index is 1.40. The number of alkyl halides is 9. The molecule has 0 radical (unpaired) electrons. The lowest BCUT2D eigenvalue weighted by Gasteiger charge is -2.27. The zero-order valence-electron chi connectivity index (χ0n) is 39.9. The number of nitrogens with one attached hydrogen (secondary N) is 2. The van der Waals surface area contributed by atoms with Crippen LogP contribution in [0.1, 0.15) is 164 Å². The number of ether oxygens (including phenoxy) is 1. The number of imide groups is 1. The van der Waals surface area contributed by atoms with Crippen molar-refractivity contribution in [3.63, 3.8) is 0 Å². The average Bonchev–Trinajstić information content (AvgIpc) is 3.97. The summed E-state index contributed by atoms with van der Waals surface area (Å²) in [5, 5.41) is 0. The molecule has 71 heavy (non-hydrogen) atoms. The molecule has 0 saturated heterocycles. The molecule has 0 unspecified atom stereocenters. The van der Waals surface area contributed by atoms with Gasteiger partial charge in [-0.25, -0.2) is 0 Å². The normalized spacial score (nSPS) is 18.7. The molecule has 4 atom stereocenters. The Hall–Kier alpha value is -6.79. The molecule has 3 aliphatic rings. The smallest absolute Gasteiger partial charge is 0.416 e. The summed E-state index contributed by atoms with van der Waals surface area (Å²) in [7, 11) is 1.24. The van der Waals surface area contributed by atoms with E-state index < -0.39 is 77.9 Å². The van der Waals surface area contributed by atoms with Crippen LogP contribution in [0.3, 0.4) is 0 Å². The number of H-pyrrole nitrogens is 2. The Morgan fingerprint density at radius 2 is 1.24 bits per heavy atom. The summed E-state index contributed by atoms with van der Waals surface area (Å²) in [6, 6.07) is 10.1. The first kappa shape index (κ1) is 50.6. The van der Waals surface area contributed by atoms with Crippen LogP contribution in [-0.4, -0.2) is 55.4 Å². The number of benzene rings is 2. The van der Waals surface area contributed by atoms with Crippen molar-refractivity contribution < 1.29 is 58.6 Å². The van der Waals surface area contributed by atoms with Crippen LogP contribution in [0.5, 0.6) is 0 Å². The number of amides is 2. The molecule has 5 aromatic rings. The number of aromatic nitrogens is 4. The van der Waals surface area contributed by atoms with Gasteiger partial charge in [0.15, 0.2) is 0 Å². The molecule has 0 aliphatic carbocycles. The van der Waals surface area contributed by atoms with Crippen LogP contribution >= 0.6 is 0 Å². The molecule has 19 heteroatoms. The number of aryl methyl sites for hydroxylation is 3. The van der Waals surface area contributed by atoms with E-state index in [-0.39, 0.29) is 75.5 Å². The number of nitrogens with zero attached hydrogens (tertiary/aromatic N) is 4. The van der Waals surface area contributed by atoms with E-state index in [1.54, 1.807) is 32.9 Å². The highest BCUT2D eigenvalue weighted by Gasteiger charge is 2.42. The summed E-state index contributed by atoms with van der Waals surface area (Å²) in [4.78, 5) is 64.9. The fourth-order valence-corrected chi connectivity index (χ4v) is 10.2. The van der Waals surface area contributed by atoms with E-state index in [9.17, 15) is 49.1 Å². The minimum absolute atomic E-state index is 0.00607. The maximum Gasteiger partial charge on any atom is 0.416 e. The summed E-state index contributed by atoms with van der Waals surface area (Å²) in [6.45, 7) is 11.3. The lowest BCUT2D eigenvalue weighted by Crippen LogP contribution is -2.40. The lowest BCUT2D eigenvalue weighted by molar-refractivity contribution is -0.143. The molecule has 374 valence electrons. The van der Waals surface area contributed by atoms with E-state index in [1.807, 2.05) is 26.8 Å². The number of hydrogen-bond donors (Lipinski definition) is 2. The summed E-state index contributed by atoms with van der Waals surface area (Å²) in [5.41, 5.74) is 1.62. The quantitative estimate of drug-likeness (QED) is 0.0654. The number of halogens is 9. The van der Waals surface area contributed by atoms with Gasteiger partial charge in [-0.05, 0) is 111 Å². The molecular formula is C52H49F9N6O4. The van der Waals surface area contributed by atoms with Crippen molar-refractivity contribution in [3.05, 3.63) is 139 Å². The van der Waals surface area contributed by atoms with Gasteiger partial charge < -0.3 is 14.7 Å². The fourth-order valence-electron chi connectivity index (χ4n) is 10.2. The molecule has 2 N–H and O–H groups in total. The number of aliphatic imine (C=N–C) groups is 1. The predicted molar refractivity (Wildman–Crippen MR) is 247 cm³/mol. The molecule has 10 nitrogen and oxygen atoms in total. The Morgan fingerprint density at radius 1 is 0.690 bits per heavy atom. The van der Waals surface area contributed by atoms with E-state index >= 15 is 4.79 Å². The minimum Gasteiger partial charge on any atom is -0.469 e. The molecule has 2 aromatic carbocycles. The van der Waals surface area contributed by atoms with Crippen molar-refractivity contribution in [2.45, 2.75) is 123 Å². The molecule has 8 bridgehead atoms.